The standard InChI is InChI=1S/C57H33N5OS/c1-3-16-35(17-4-1)39-22-14-27-46-49(39)41-23-13-24-43(53(41)63-46)56-59-54(36-18-5-2-6-19-36)58-55(60-56)42-31-32-48-52-50(42)51-40-21-9-10-25-44(40)61(38-30-29-34-15-7-8-20-37(34)33-38)57(51)62(52)45-26-11-12-28-47(45)64-48/h1-33H. The molecule has 64 heavy (non-hydrogen) atoms. The first-order valence-electron chi connectivity index (χ1n) is 21.4. The largest absolute Gasteiger partial charge is 0.455 e. The average Bonchev–Trinajstić information content (AvgIpc) is 4.03. The second-order valence-corrected chi connectivity index (χ2v) is 17.4. The fourth-order valence-electron chi connectivity index (χ4n) is 9.98. The van der Waals surface area contributed by atoms with E-state index < -0.39 is 0 Å². The Balaban J connectivity index is 1.09. The fraction of sp³-hybridized carbons (Fsp3) is 0. The number of hydrogen-bond acceptors (Lipinski definition) is 5. The molecule has 0 bridgehead atoms. The van der Waals surface area contributed by atoms with Crippen molar-refractivity contribution in [2.45, 2.75) is 9.79 Å². The Hall–Kier alpha value is -8.26. The Morgan fingerprint density at radius 1 is 0.422 bits per heavy atom. The van der Waals surface area contributed by atoms with Crippen molar-refractivity contribution in [2.24, 2.45) is 0 Å². The smallest absolute Gasteiger partial charge is 0.167 e. The molecule has 7 heteroatoms. The van der Waals surface area contributed by atoms with Crippen molar-refractivity contribution in [1.82, 2.24) is 24.1 Å². The molecule has 9 aromatic carbocycles. The van der Waals surface area contributed by atoms with Crippen molar-refractivity contribution in [3.8, 4) is 56.7 Å². The second kappa shape index (κ2) is 13.6. The molecule has 298 valence electrons. The van der Waals surface area contributed by atoms with Gasteiger partial charge in [0.05, 0.1) is 22.3 Å². The molecule has 0 saturated heterocycles. The summed E-state index contributed by atoms with van der Waals surface area (Å²) in [6.45, 7) is 0. The molecule has 0 atom stereocenters. The van der Waals surface area contributed by atoms with Crippen LogP contribution < -0.4 is 0 Å². The number of furan rings is 1. The van der Waals surface area contributed by atoms with E-state index in [0.717, 1.165) is 94.0 Å². The van der Waals surface area contributed by atoms with Crippen LogP contribution >= 0.6 is 11.8 Å². The molecule has 1 aliphatic rings. The third-order valence-corrected chi connectivity index (χ3v) is 13.9. The molecule has 0 unspecified atom stereocenters. The number of nitrogens with zero attached hydrogens (tertiary/aromatic N) is 5. The van der Waals surface area contributed by atoms with Crippen LogP contribution in [-0.2, 0) is 0 Å². The summed E-state index contributed by atoms with van der Waals surface area (Å²) in [5, 5.41) is 7.91. The number of benzene rings is 9. The van der Waals surface area contributed by atoms with Crippen LogP contribution in [0.2, 0.25) is 0 Å². The highest BCUT2D eigenvalue weighted by atomic mass is 32.2. The summed E-state index contributed by atoms with van der Waals surface area (Å²) in [4.78, 5) is 18.5. The maximum atomic E-state index is 6.80. The lowest BCUT2D eigenvalue weighted by atomic mass is 9.99. The van der Waals surface area contributed by atoms with E-state index in [-0.39, 0.29) is 0 Å². The number of aromatic nitrogens is 5. The van der Waals surface area contributed by atoms with Crippen molar-refractivity contribution in [1.29, 1.82) is 0 Å². The van der Waals surface area contributed by atoms with Gasteiger partial charge in [-0.25, -0.2) is 15.0 Å². The van der Waals surface area contributed by atoms with Gasteiger partial charge in [-0.15, -0.1) is 0 Å². The quantitative estimate of drug-likeness (QED) is 0.173. The predicted molar refractivity (Wildman–Crippen MR) is 262 cm³/mol. The molecule has 0 amide bonds. The van der Waals surface area contributed by atoms with Gasteiger partial charge in [0.1, 0.15) is 16.8 Å². The molecule has 0 N–H and O–H groups in total. The highest BCUT2D eigenvalue weighted by Gasteiger charge is 2.31. The van der Waals surface area contributed by atoms with Gasteiger partial charge in [0.2, 0.25) is 0 Å². The number of rotatable bonds is 5. The summed E-state index contributed by atoms with van der Waals surface area (Å²) in [6, 6.07) is 70.6. The van der Waals surface area contributed by atoms with E-state index in [1.54, 1.807) is 0 Å². The summed E-state index contributed by atoms with van der Waals surface area (Å²) in [6.07, 6.45) is 0. The first-order valence-corrected chi connectivity index (χ1v) is 22.3. The molecule has 6 nitrogen and oxygen atoms in total. The summed E-state index contributed by atoms with van der Waals surface area (Å²) in [5.41, 5.74) is 12.1. The van der Waals surface area contributed by atoms with Gasteiger partial charge in [0.25, 0.3) is 0 Å². The first kappa shape index (κ1) is 35.3. The summed E-state index contributed by atoms with van der Waals surface area (Å²) >= 11 is 1.81. The van der Waals surface area contributed by atoms with E-state index in [9.17, 15) is 0 Å². The third-order valence-electron chi connectivity index (χ3n) is 12.7. The van der Waals surface area contributed by atoms with Crippen LogP contribution in [0.4, 0.5) is 0 Å². The second-order valence-electron chi connectivity index (χ2n) is 16.3. The van der Waals surface area contributed by atoms with Crippen molar-refractivity contribution >= 4 is 77.3 Å². The van der Waals surface area contributed by atoms with Crippen LogP contribution in [0.5, 0.6) is 0 Å². The third kappa shape index (κ3) is 5.13. The zero-order chi connectivity index (χ0) is 41.9. The van der Waals surface area contributed by atoms with Crippen molar-refractivity contribution < 1.29 is 4.42 Å². The SMILES string of the molecule is c1ccc(-c2nc(-c3cccc4c3oc3cccc(-c5ccccc5)c34)nc(-c3ccc4c5c3c3c6ccccc6n(-c6ccc7ccccc7c6)c3n5-c3ccccc3S4)n2)cc1. The Kier molecular flexibility index (Phi) is 7.52. The van der Waals surface area contributed by atoms with E-state index in [2.05, 4.69) is 179 Å². The number of fused-ring (bicyclic) bond motifs is 11. The zero-order valence-corrected chi connectivity index (χ0v) is 34.9. The number of para-hydroxylation sites is 3. The van der Waals surface area contributed by atoms with E-state index in [0.29, 0.717) is 17.5 Å². The topological polar surface area (TPSA) is 61.7 Å². The van der Waals surface area contributed by atoms with Gasteiger partial charge in [-0.2, -0.15) is 0 Å². The predicted octanol–water partition coefficient (Wildman–Crippen LogP) is 15.1. The van der Waals surface area contributed by atoms with E-state index in [1.165, 1.54) is 20.6 Å². The fourth-order valence-corrected chi connectivity index (χ4v) is 11.1. The van der Waals surface area contributed by atoms with Gasteiger partial charge in [-0.05, 0) is 76.5 Å². The maximum Gasteiger partial charge on any atom is 0.167 e. The molecule has 13 aromatic rings. The van der Waals surface area contributed by atoms with Crippen LogP contribution in [0.3, 0.4) is 0 Å². The molecule has 14 rings (SSSR count). The minimum atomic E-state index is 0.549. The average molecular weight is 836 g/mol. The lowest BCUT2D eigenvalue weighted by Gasteiger charge is -2.21. The van der Waals surface area contributed by atoms with Crippen LogP contribution in [0.15, 0.2) is 214 Å². The molecule has 0 spiro atoms. The molecule has 0 saturated carbocycles. The molecular formula is C57H33N5OS. The zero-order valence-electron chi connectivity index (χ0n) is 34.1. The van der Waals surface area contributed by atoms with Crippen molar-refractivity contribution in [3.05, 3.63) is 200 Å². The van der Waals surface area contributed by atoms with Crippen LogP contribution in [0.25, 0.3) is 122 Å². The molecule has 1 aliphatic heterocycles. The van der Waals surface area contributed by atoms with E-state index in [4.69, 9.17) is 19.4 Å². The maximum absolute atomic E-state index is 6.80. The van der Waals surface area contributed by atoms with Crippen molar-refractivity contribution in [3.63, 3.8) is 0 Å². The normalized spacial score (nSPS) is 12.3. The molecular weight excluding hydrogens is 803 g/mol. The highest BCUT2D eigenvalue weighted by Crippen LogP contribution is 2.52. The minimum absolute atomic E-state index is 0.549. The Morgan fingerprint density at radius 3 is 1.98 bits per heavy atom. The summed E-state index contributed by atoms with van der Waals surface area (Å²) in [5.74, 6) is 1.74. The van der Waals surface area contributed by atoms with Gasteiger partial charge >= 0.3 is 0 Å². The van der Waals surface area contributed by atoms with Crippen LogP contribution in [0.1, 0.15) is 0 Å². The lowest BCUT2D eigenvalue weighted by Crippen LogP contribution is -2.06. The summed E-state index contributed by atoms with van der Waals surface area (Å²) < 4.78 is 11.7. The Bertz CT molecular complexity index is 4050. The van der Waals surface area contributed by atoms with Crippen molar-refractivity contribution in [2.75, 3.05) is 0 Å². The molecule has 0 fully saturated rings. The van der Waals surface area contributed by atoms with E-state index in [1.807, 2.05) is 42.1 Å². The van der Waals surface area contributed by atoms with Crippen LogP contribution in [0, 0.1) is 0 Å². The van der Waals surface area contributed by atoms with Gasteiger partial charge in [0, 0.05) is 53.5 Å². The lowest BCUT2D eigenvalue weighted by molar-refractivity contribution is 0.669. The molecule has 4 aromatic heterocycles. The number of hydrogen-bond donors (Lipinski definition) is 0. The molecule has 0 aliphatic carbocycles. The highest BCUT2D eigenvalue weighted by molar-refractivity contribution is 7.99. The van der Waals surface area contributed by atoms with Gasteiger partial charge < -0.3 is 4.42 Å². The molecule has 5 heterocycles. The Morgan fingerprint density at radius 2 is 1.11 bits per heavy atom. The van der Waals surface area contributed by atoms with Gasteiger partial charge in [0.15, 0.2) is 17.5 Å². The van der Waals surface area contributed by atoms with E-state index >= 15 is 0 Å². The first-order chi connectivity index (χ1) is 31.7. The van der Waals surface area contributed by atoms with Gasteiger partial charge in [-0.1, -0.05) is 157 Å². The molecule has 0 radical (unpaired) electrons. The Labute approximate surface area is 370 Å². The summed E-state index contributed by atoms with van der Waals surface area (Å²) in [7, 11) is 0. The van der Waals surface area contributed by atoms with Gasteiger partial charge in [-0.3, -0.25) is 9.13 Å². The monoisotopic (exact) mass is 835 g/mol. The van der Waals surface area contributed by atoms with Crippen LogP contribution in [-0.4, -0.2) is 24.1 Å². The minimum Gasteiger partial charge on any atom is -0.455 e.